The third-order valence-corrected chi connectivity index (χ3v) is 5.62. The Kier molecular flexibility index (Phi) is 5.29. The monoisotopic (exact) mass is 455 g/mol. The Morgan fingerprint density at radius 1 is 1.12 bits per heavy atom. The van der Waals surface area contributed by atoms with Crippen LogP contribution in [0.2, 0.25) is 0 Å². The van der Waals surface area contributed by atoms with E-state index in [2.05, 4.69) is 15.4 Å². The molecule has 4 heterocycles. The van der Waals surface area contributed by atoms with Crippen LogP contribution in [0.5, 0.6) is 0 Å². The number of rotatable bonds is 6. The van der Waals surface area contributed by atoms with Gasteiger partial charge < -0.3 is 11.1 Å². The molecule has 0 spiro atoms. The second-order valence-electron chi connectivity index (χ2n) is 8.05. The second kappa shape index (κ2) is 8.43. The number of carbonyl (C=O) groups is 1. The summed E-state index contributed by atoms with van der Waals surface area (Å²) in [5, 5.41) is 12.3. The van der Waals surface area contributed by atoms with Gasteiger partial charge in [0.1, 0.15) is 11.6 Å². The number of nitrogens with two attached hydrogens (primary N) is 1. The molecule has 1 unspecified atom stereocenters. The maximum absolute atomic E-state index is 13.3. The second-order valence-corrected chi connectivity index (χ2v) is 8.05. The number of hydrogen-bond acceptors (Lipinski definition) is 5. The van der Waals surface area contributed by atoms with Crippen molar-refractivity contribution in [3.05, 3.63) is 95.7 Å². The van der Waals surface area contributed by atoms with Gasteiger partial charge >= 0.3 is 0 Å². The van der Waals surface area contributed by atoms with Gasteiger partial charge in [-0.25, -0.2) is 18.6 Å². The Hall–Kier alpha value is -4.53. The lowest BCUT2D eigenvalue weighted by atomic mass is 10.1. The minimum atomic E-state index is -0.545. The first-order valence-electron chi connectivity index (χ1n) is 10.7. The summed E-state index contributed by atoms with van der Waals surface area (Å²) in [6, 6.07) is 17.6. The lowest BCUT2D eigenvalue weighted by molar-refractivity contribution is 0.100. The first-order chi connectivity index (χ1) is 16.4. The van der Waals surface area contributed by atoms with Crippen molar-refractivity contribution in [1.29, 1.82) is 0 Å². The molecule has 0 saturated carbocycles. The molecule has 0 saturated heterocycles. The van der Waals surface area contributed by atoms with E-state index in [0.29, 0.717) is 22.7 Å². The topological polar surface area (TPSA) is 103 Å². The number of carbonyl (C=O) groups excluding carboxylic acids is 1. The van der Waals surface area contributed by atoms with E-state index in [4.69, 9.17) is 10.8 Å². The summed E-state index contributed by atoms with van der Waals surface area (Å²) in [5.74, 6) is 0.453. The summed E-state index contributed by atoms with van der Waals surface area (Å²) in [4.78, 5) is 16.5. The molecule has 4 aromatic heterocycles. The van der Waals surface area contributed by atoms with E-state index >= 15 is 0 Å². The molecule has 0 aliphatic heterocycles. The SMILES string of the molecule is Cc1cccc(-n2nc(NC(C)c3ccc(F)cc3)cc2-c2ccn3ncc(C(N)=O)c3c2)n1. The van der Waals surface area contributed by atoms with Gasteiger partial charge in [0.05, 0.1) is 29.0 Å². The molecule has 1 amide bonds. The number of aromatic nitrogens is 5. The molecule has 5 aromatic rings. The maximum atomic E-state index is 13.3. The molecule has 0 bridgehead atoms. The Morgan fingerprint density at radius 3 is 2.65 bits per heavy atom. The smallest absolute Gasteiger partial charge is 0.252 e. The van der Waals surface area contributed by atoms with Crippen molar-refractivity contribution in [3.63, 3.8) is 0 Å². The first kappa shape index (κ1) is 21.3. The molecular formula is C25H22FN7O. The van der Waals surface area contributed by atoms with Crippen molar-refractivity contribution >= 4 is 17.2 Å². The highest BCUT2D eigenvalue weighted by molar-refractivity contribution is 6.00. The van der Waals surface area contributed by atoms with Crippen LogP contribution in [0, 0.1) is 12.7 Å². The van der Waals surface area contributed by atoms with Crippen LogP contribution >= 0.6 is 0 Å². The molecular weight excluding hydrogens is 433 g/mol. The molecule has 0 aliphatic carbocycles. The summed E-state index contributed by atoms with van der Waals surface area (Å²) in [5.41, 5.74) is 9.83. The van der Waals surface area contributed by atoms with Gasteiger partial charge in [-0.3, -0.25) is 4.79 Å². The minimum Gasteiger partial charge on any atom is -0.365 e. The zero-order valence-electron chi connectivity index (χ0n) is 18.6. The molecule has 5 rings (SSSR count). The minimum absolute atomic E-state index is 0.110. The fourth-order valence-electron chi connectivity index (χ4n) is 3.86. The van der Waals surface area contributed by atoms with Crippen LogP contribution in [-0.4, -0.2) is 30.3 Å². The molecule has 0 radical (unpaired) electrons. The zero-order valence-corrected chi connectivity index (χ0v) is 18.6. The number of pyridine rings is 2. The largest absolute Gasteiger partial charge is 0.365 e. The molecule has 0 fully saturated rings. The number of amides is 1. The Morgan fingerprint density at radius 2 is 1.91 bits per heavy atom. The number of primary amides is 1. The number of hydrogen-bond donors (Lipinski definition) is 2. The Balaban J connectivity index is 1.60. The summed E-state index contributed by atoms with van der Waals surface area (Å²) in [6.07, 6.45) is 3.23. The van der Waals surface area contributed by atoms with E-state index in [-0.39, 0.29) is 11.9 Å². The molecule has 8 nitrogen and oxygen atoms in total. The van der Waals surface area contributed by atoms with Gasteiger partial charge in [0.2, 0.25) is 0 Å². The van der Waals surface area contributed by atoms with Crippen molar-refractivity contribution in [2.45, 2.75) is 19.9 Å². The van der Waals surface area contributed by atoms with Crippen LogP contribution in [0.1, 0.15) is 34.6 Å². The van der Waals surface area contributed by atoms with Crippen LogP contribution in [0.4, 0.5) is 10.2 Å². The summed E-state index contributed by atoms with van der Waals surface area (Å²) < 4.78 is 16.7. The van der Waals surface area contributed by atoms with Crippen LogP contribution in [0.15, 0.2) is 73.1 Å². The predicted molar refractivity (Wildman–Crippen MR) is 127 cm³/mol. The van der Waals surface area contributed by atoms with E-state index in [1.54, 1.807) is 27.5 Å². The quantitative estimate of drug-likeness (QED) is 0.397. The highest BCUT2D eigenvalue weighted by atomic mass is 19.1. The molecule has 1 atom stereocenters. The molecule has 1 aromatic carbocycles. The fourth-order valence-corrected chi connectivity index (χ4v) is 3.86. The number of benzene rings is 1. The number of aryl methyl sites for hydroxylation is 1. The maximum Gasteiger partial charge on any atom is 0.252 e. The number of anilines is 1. The van der Waals surface area contributed by atoms with Crippen molar-refractivity contribution in [2.75, 3.05) is 5.32 Å². The van der Waals surface area contributed by atoms with Crippen LogP contribution in [0.25, 0.3) is 22.6 Å². The van der Waals surface area contributed by atoms with E-state index in [1.165, 1.54) is 18.3 Å². The van der Waals surface area contributed by atoms with E-state index in [9.17, 15) is 9.18 Å². The van der Waals surface area contributed by atoms with Gasteiger partial charge in [-0.15, -0.1) is 5.10 Å². The number of nitrogens with zero attached hydrogens (tertiary/aromatic N) is 5. The number of nitrogens with one attached hydrogen (secondary N) is 1. The Bertz CT molecular complexity index is 1500. The van der Waals surface area contributed by atoms with Crippen molar-refractivity contribution in [3.8, 4) is 17.1 Å². The zero-order chi connectivity index (χ0) is 23.8. The van der Waals surface area contributed by atoms with E-state index < -0.39 is 5.91 Å². The third kappa shape index (κ3) is 3.99. The van der Waals surface area contributed by atoms with Gasteiger partial charge in [-0.1, -0.05) is 18.2 Å². The molecule has 9 heteroatoms. The van der Waals surface area contributed by atoms with Crippen LogP contribution in [-0.2, 0) is 0 Å². The summed E-state index contributed by atoms with van der Waals surface area (Å²) in [7, 11) is 0. The number of fused-ring (bicyclic) bond motifs is 1. The predicted octanol–water partition coefficient (Wildman–Crippen LogP) is 4.30. The van der Waals surface area contributed by atoms with Crippen LogP contribution < -0.4 is 11.1 Å². The van der Waals surface area contributed by atoms with Gasteiger partial charge in [0, 0.05) is 23.5 Å². The highest BCUT2D eigenvalue weighted by Gasteiger charge is 2.17. The normalized spacial score (nSPS) is 12.1. The van der Waals surface area contributed by atoms with Crippen molar-refractivity contribution < 1.29 is 9.18 Å². The van der Waals surface area contributed by atoms with Crippen molar-refractivity contribution in [2.24, 2.45) is 5.73 Å². The average Bonchev–Trinajstić information content (AvgIpc) is 3.43. The highest BCUT2D eigenvalue weighted by Crippen LogP contribution is 2.29. The molecule has 0 aliphatic rings. The van der Waals surface area contributed by atoms with E-state index in [1.807, 2.05) is 50.2 Å². The fraction of sp³-hybridized carbons (Fsp3) is 0.120. The van der Waals surface area contributed by atoms with E-state index in [0.717, 1.165) is 22.5 Å². The summed E-state index contributed by atoms with van der Waals surface area (Å²) in [6.45, 7) is 3.90. The summed E-state index contributed by atoms with van der Waals surface area (Å²) >= 11 is 0. The molecule has 34 heavy (non-hydrogen) atoms. The van der Waals surface area contributed by atoms with Crippen molar-refractivity contribution in [1.82, 2.24) is 24.4 Å². The Labute approximate surface area is 194 Å². The first-order valence-corrected chi connectivity index (χ1v) is 10.7. The lowest BCUT2D eigenvalue weighted by Crippen LogP contribution is -2.10. The van der Waals surface area contributed by atoms with Crippen LogP contribution in [0.3, 0.4) is 0 Å². The van der Waals surface area contributed by atoms with Gasteiger partial charge in [-0.05, 0) is 55.8 Å². The third-order valence-electron chi connectivity index (χ3n) is 5.62. The number of halogens is 1. The lowest BCUT2D eigenvalue weighted by Gasteiger charge is -2.13. The van der Waals surface area contributed by atoms with Gasteiger partial charge in [0.25, 0.3) is 5.91 Å². The van der Waals surface area contributed by atoms with Gasteiger partial charge in [0.15, 0.2) is 5.82 Å². The molecule has 170 valence electrons. The standard InChI is InChI=1S/C25H22FN7O/c1-15-4-3-5-24(29-15)33-21(18-10-11-32-22(12-18)20(14-28-32)25(27)34)13-23(31-33)30-16(2)17-6-8-19(26)9-7-17/h3-14,16H,1-2H3,(H2,27,34)(H,30,31). The average molecular weight is 455 g/mol. The van der Waals surface area contributed by atoms with Gasteiger partial charge in [-0.2, -0.15) is 5.10 Å². The molecule has 3 N–H and O–H groups in total.